The second-order valence-electron chi connectivity index (χ2n) is 16.7. The van der Waals surface area contributed by atoms with Crippen molar-refractivity contribution in [1.82, 2.24) is 4.31 Å². The maximum Gasteiger partial charge on any atom is 0.252 e. The van der Waals surface area contributed by atoms with Crippen LogP contribution in [0.2, 0.25) is 0 Å². The van der Waals surface area contributed by atoms with Crippen LogP contribution in [0.25, 0.3) is 0 Å². The van der Waals surface area contributed by atoms with Gasteiger partial charge in [-0.3, -0.25) is 4.79 Å². The van der Waals surface area contributed by atoms with E-state index in [9.17, 15) is 23.4 Å². The van der Waals surface area contributed by atoms with Crippen LogP contribution in [0.3, 0.4) is 0 Å². The first-order valence-electron chi connectivity index (χ1n) is 18.5. The summed E-state index contributed by atoms with van der Waals surface area (Å²) in [5.74, 6) is 1.25. The van der Waals surface area contributed by atoms with E-state index in [2.05, 4.69) is 33.8 Å². The van der Waals surface area contributed by atoms with Gasteiger partial charge in [-0.1, -0.05) is 50.6 Å². The van der Waals surface area contributed by atoms with Crippen LogP contribution in [0.5, 0.6) is 0 Å². The first kappa shape index (κ1) is 35.8. The molecule has 7 atom stereocenters. The third-order valence-electron chi connectivity index (χ3n) is 13.6. The topological polar surface area (TPSA) is 108 Å². The Morgan fingerprint density at radius 2 is 1.88 bits per heavy atom. The van der Waals surface area contributed by atoms with Crippen LogP contribution in [-0.2, 0) is 16.4 Å². The molecule has 0 spiro atoms. The predicted molar refractivity (Wildman–Crippen MR) is 197 cm³/mol. The van der Waals surface area contributed by atoms with Gasteiger partial charge < -0.3 is 14.6 Å². The molecule has 50 heavy (non-hydrogen) atoms. The summed E-state index contributed by atoms with van der Waals surface area (Å²) in [6, 6.07) is 12.8. The first-order valence-corrected chi connectivity index (χ1v) is 20.9. The third-order valence-corrected chi connectivity index (χ3v) is 16.8. The number of hydrogen-bond acceptors (Lipinski definition) is 7. The summed E-state index contributed by atoms with van der Waals surface area (Å²) >= 11 is 1.23. The van der Waals surface area contributed by atoms with Crippen LogP contribution in [-0.4, -0.2) is 53.5 Å². The van der Waals surface area contributed by atoms with Gasteiger partial charge in [0.15, 0.2) is 5.76 Å². The Kier molecular flexibility index (Phi) is 9.64. The molecule has 2 heterocycles. The zero-order valence-electron chi connectivity index (χ0n) is 29.9. The van der Waals surface area contributed by atoms with Gasteiger partial charge in [0.1, 0.15) is 4.21 Å². The van der Waals surface area contributed by atoms with Gasteiger partial charge in [-0.2, -0.15) is 4.31 Å². The quantitative estimate of drug-likeness (QED) is 0.179. The maximum atomic E-state index is 14.5. The van der Waals surface area contributed by atoms with Crippen LogP contribution >= 0.6 is 11.3 Å². The Hall–Kier alpha value is -2.56. The predicted octanol–water partition coefficient (Wildman–Crippen LogP) is 8.37. The molecule has 7 nitrogen and oxygen atoms in total. The first-order chi connectivity index (χ1) is 23.7. The maximum absolute atomic E-state index is 14.5. The molecule has 6 aliphatic carbocycles. The lowest BCUT2D eigenvalue weighted by molar-refractivity contribution is -0.114. The molecule has 0 saturated heterocycles. The molecule has 4 fully saturated rings. The van der Waals surface area contributed by atoms with Crippen molar-refractivity contribution in [2.75, 3.05) is 13.1 Å². The van der Waals surface area contributed by atoms with Crippen molar-refractivity contribution >= 4 is 27.1 Å². The minimum atomic E-state index is -3.86. The van der Waals surface area contributed by atoms with Crippen molar-refractivity contribution in [2.24, 2.45) is 28.6 Å². The van der Waals surface area contributed by atoms with Gasteiger partial charge in [0.2, 0.25) is 5.78 Å². The summed E-state index contributed by atoms with van der Waals surface area (Å²) in [6.45, 7) is 9.31. The number of nitrogens with zero attached hydrogens (tertiary/aromatic N) is 1. The highest BCUT2D eigenvalue weighted by Crippen LogP contribution is 2.62. The summed E-state index contributed by atoms with van der Waals surface area (Å²) in [4.78, 5) is 14.1. The summed E-state index contributed by atoms with van der Waals surface area (Å²) in [5.41, 5.74) is 1.58. The van der Waals surface area contributed by atoms with Crippen molar-refractivity contribution in [3.05, 3.63) is 88.2 Å². The number of aliphatic hydroxyl groups is 2. The fraction of sp³-hybridized carbons (Fsp3) is 0.585. The Balaban J connectivity index is 1.30. The van der Waals surface area contributed by atoms with E-state index in [1.165, 1.54) is 23.2 Å². The van der Waals surface area contributed by atoms with Gasteiger partial charge >= 0.3 is 0 Å². The summed E-state index contributed by atoms with van der Waals surface area (Å²) in [7, 11) is -3.86. The van der Waals surface area contributed by atoms with Gasteiger partial charge in [-0.05, 0) is 141 Å². The van der Waals surface area contributed by atoms with E-state index < -0.39 is 27.1 Å². The zero-order chi connectivity index (χ0) is 35.5. The van der Waals surface area contributed by atoms with Crippen molar-refractivity contribution in [1.29, 1.82) is 0 Å². The number of benzene rings is 1. The van der Waals surface area contributed by atoms with Crippen molar-refractivity contribution in [3.8, 4) is 0 Å². The number of thiophene rings is 1. The van der Waals surface area contributed by atoms with E-state index in [-0.39, 0.29) is 35.3 Å². The molecule has 0 aliphatic heterocycles. The van der Waals surface area contributed by atoms with Gasteiger partial charge in [0.05, 0.1) is 18.0 Å². The lowest BCUT2D eigenvalue weighted by Gasteiger charge is -2.60. The molecule has 9 heteroatoms. The molecule has 2 aromatic heterocycles. The fourth-order valence-electron chi connectivity index (χ4n) is 10.3. The molecule has 270 valence electrons. The number of hydrogen-bond donors (Lipinski definition) is 2. The van der Waals surface area contributed by atoms with Crippen molar-refractivity contribution in [2.45, 2.75) is 114 Å². The molecular weight excluding hydrogens is 667 g/mol. The van der Waals surface area contributed by atoms with Gasteiger partial charge in [0.25, 0.3) is 10.0 Å². The number of rotatable bonds is 8. The lowest BCUT2D eigenvalue weighted by Crippen LogP contribution is -2.58. The number of carbonyl (C=O) groups excluding carboxylic acids is 1. The third kappa shape index (κ3) is 6.29. The van der Waals surface area contributed by atoms with Crippen LogP contribution < -0.4 is 0 Å². The van der Waals surface area contributed by atoms with Gasteiger partial charge in [-0.15, -0.1) is 11.3 Å². The number of carbonyl (C=O) groups is 1. The summed E-state index contributed by atoms with van der Waals surface area (Å²) < 4.78 is 36.5. The Morgan fingerprint density at radius 3 is 2.58 bits per heavy atom. The monoisotopic (exact) mass is 719 g/mol. The second kappa shape index (κ2) is 13.4. The van der Waals surface area contributed by atoms with Crippen molar-refractivity contribution in [3.63, 3.8) is 0 Å². The molecule has 9 rings (SSSR count). The molecule has 0 radical (unpaired) electrons. The normalized spacial score (nSPS) is 32.6. The van der Waals surface area contributed by atoms with E-state index in [0.29, 0.717) is 66.7 Å². The van der Waals surface area contributed by atoms with E-state index >= 15 is 0 Å². The Morgan fingerprint density at radius 1 is 1.06 bits per heavy atom. The van der Waals surface area contributed by atoms with E-state index in [1.807, 2.05) is 18.2 Å². The SMILES string of the molecule is CC1=CCC[C@@]2(C)[C@@H](CC[C@@]2(O)CN(C[C@@H]2CC[C@H]3C[C@@H]2C3(C)C)S(=O)(=O)c2cccs2)c2ccc(cc2C(=O)c2ccco2)C[C@@H](O)CC1. The molecule has 0 unspecified atom stereocenters. The number of sulfonamides is 1. The standard InChI is InChI=1S/C41H53NO6S2/c1-27-8-5-18-40(4)34(32-16-12-28(22-31(43)15-11-27)23-33(32)38(44)36-9-6-20-48-36)17-19-41(40,45)26-42(50(46,47)37-10-7-21-49-37)25-29-13-14-30-24-35(29)39(30,2)3/h6-10,12,16,20-21,23,29-31,34-35,43,45H,5,11,13-15,17-19,22,24-26H2,1-4H3/t29-,30-,31-,34-,35-,40-,41+/m0/s1. The molecule has 3 aromatic rings. The number of allylic oxidation sites excluding steroid dienone is 2. The minimum Gasteiger partial charge on any atom is -0.461 e. The summed E-state index contributed by atoms with van der Waals surface area (Å²) in [6.07, 6.45) is 10.6. The number of furan rings is 1. The molecule has 4 bridgehead atoms. The van der Waals surface area contributed by atoms with E-state index in [1.54, 1.807) is 34.0 Å². The average molecular weight is 720 g/mol. The van der Waals surface area contributed by atoms with Crippen molar-refractivity contribution < 1.29 is 27.8 Å². The average Bonchev–Trinajstić information content (AvgIpc) is 3.86. The molecule has 1 aromatic carbocycles. The molecule has 6 aliphatic rings. The number of fused-ring (bicyclic) bond motifs is 10. The highest BCUT2D eigenvalue weighted by atomic mass is 32.2. The smallest absolute Gasteiger partial charge is 0.252 e. The van der Waals surface area contributed by atoms with Crippen LogP contribution in [0.4, 0.5) is 0 Å². The van der Waals surface area contributed by atoms with E-state index in [4.69, 9.17) is 4.42 Å². The zero-order valence-corrected chi connectivity index (χ0v) is 31.6. The molecule has 0 amide bonds. The molecular formula is C41H53NO6S2. The Labute approximate surface area is 301 Å². The van der Waals surface area contributed by atoms with Crippen LogP contribution in [0.15, 0.2) is 74.4 Å². The minimum absolute atomic E-state index is 0.0156. The van der Waals surface area contributed by atoms with Gasteiger partial charge in [0, 0.05) is 24.1 Å². The Bertz CT molecular complexity index is 1830. The van der Waals surface area contributed by atoms with E-state index in [0.717, 1.165) is 36.8 Å². The largest absolute Gasteiger partial charge is 0.461 e. The molecule has 2 N–H and O–H groups in total. The number of aliphatic hydroxyl groups excluding tert-OH is 1. The highest BCUT2D eigenvalue weighted by molar-refractivity contribution is 7.91. The van der Waals surface area contributed by atoms with Crippen LogP contribution in [0, 0.1) is 28.6 Å². The van der Waals surface area contributed by atoms with Crippen LogP contribution in [0.1, 0.15) is 119 Å². The highest BCUT2D eigenvalue weighted by Gasteiger charge is 2.59. The summed E-state index contributed by atoms with van der Waals surface area (Å²) in [5, 5.41) is 25.8. The number of ketones is 1. The fourth-order valence-corrected chi connectivity index (χ4v) is 13.0. The van der Waals surface area contributed by atoms with Gasteiger partial charge in [-0.25, -0.2) is 8.42 Å². The molecule has 4 saturated carbocycles. The lowest BCUT2D eigenvalue weighted by atomic mass is 9.45. The second-order valence-corrected chi connectivity index (χ2v) is 19.8.